The Morgan fingerprint density at radius 2 is 1.47 bits per heavy atom. The third-order valence-corrected chi connectivity index (χ3v) is 5.52. The summed E-state index contributed by atoms with van der Waals surface area (Å²) in [6.07, 6.45) is 0. The summed E-state index contributed by atoms with van der Waals surface area (Å²) in [5.74, 6) is -3.07. The first-order valence-corrected chi connectivity index (χ1v) is 9.95. The highest BCUT2D eigenvalue weighted by atomic mass is 35.5. The molecule has 0 atom stereocenters. The molecule has 0 radical (unpaired) electrons. The molecular formula is C23H12Cl2FNO5. The Hall–Kier alpha value is -3.55. The van der Waals surface area contributed by atoms with Gasteiger partial charge in [0.05, 0.1) is 32.4 Å². The lowest BCUT2D eigenvalue weighted by Crippen LogP contribution is -2.29. The van der Waals surface area contributed by atoms with Crippen LogP contribution in [0.2, 0.25) is 10.0 Å². The van der Waals surface area contributed by atoms with Crippen molar-refractivity contribution in [3.8, 4) is 0 Å². The number of carbonyl (C=O) groups is 4. The van der Waals surface area contributed by atoms with Crippen molar-refractivity contribution in [2.75, 3.05) is 11.5 Å². The molecule has 1 heterocycles. The van der Waals surface area contributed by atoms with E-state index in [2.05, 4.69) is 0 Å². The van der Waals surface area contributed by atoms with Gasteiger partial charge in [0, 0.05) is 5.56 Å². The molecule has 0 saturated heterocycles. The monoisotopic (exact) mass is 471 g/mol. The zero-order valence-electron chi connectivity index (χ0n) is 16.1. The Kier molecular flexibility index (Phi) is 5.78. The topological polar surface area (TPSA) is 80.8 Å². The lowest BCUT2D eigenvalue weighted by molar-refractivity contribution is 0.0474. The zero-order valence-corrected chi connectivity index (χ0v) is 17.6. The lowest BCUT2D eigenvalue weighted by Gasteiger charge is -2.14. The molecule has 0 unspecified atom stereocenters. The number of amides is 2. The van der Waals surface area contributed by atoms with Gasteiger partial charge in [-0.25, -0.2) is 14.1 Å². The van der Waals surface area contributed by atoms with E-state index in [4.69, 9.17) is 27.9 Å². The third-order valence-electron chi connectivity index (χ3n) is 4.78. The smallest absolute Gasteiger partial charge is 0.338 e. The van der Waals surface area contributed by atoms with E-state index in [1.54, 1.807) is 0 Å². The predicted octanol–water partition coefficient (Wildman–Crippen LogP) is 4.97. The van der Waals surface area contributed by atoms with E-state index in [9.17, 15) is 23.6 Å². The molecule has 0 spiro atoms. The van der Waals surface area contributed by atoms with Crippen LogP contribution in [0.4, 0.5) is 10.1 Å². The van der Waals surface area contributed by atoms with E-state index < -0.39 is 36.0 Å². The van der Waals surface area contributed by atoms with Crippen LogP contribution < -0.4 is 4.90 Å². The fourth-order valence-electron chi connectivity index (χ4n) is 3.16. The van der Waals surface area contributed by atoms with E-state index in [0.29, 0.717) is 0 Å². The molecule has 0 aliphatic carbocycles. The van der Waals surface area contributed by atoms with Crippen LogP contribution in [-0.4, -0.2) is 30.2 Å². The minimum atomic E-state index is -0.850. The van der Waals surface area contributed by atoms with Crippen LogP contribution in [0.5, 0.6) is 0 Å². The molecule has 1 aliphatic heterocycles. The minimum Gasteiger partial charge on any atom is -0.454 e. The van der Waals surface area contributed by atoms with E-state index in [1.807, 2.05) is 0 Å². The number of esters is 1. The number of hydrogen-bond acceptors (Lipinski definition) is 5. The maximum atomic E-state index is 13.0. The number of halogens is 3. The predicted molar refractivity (Wildman–Crippen MR) is 115 cm³/mol. The summed E-state index contributed by atoms with van der Waals surface area (Å²) in [5, 5.41) is 0.447. The van der Waals surface area contributed by atoms with Gasteiger partial charge in [0.25, 0.3) is 11.8 Å². The number of ketones is 1. The Bertz CT molecular complexity index is 1290. The standard InChI is InChI=1S/C23H12Cl2FNO5/c24-18-8-6-15(10-19(18)25)27-21(29)16-7-3-13(9-17(16)22(27)30)23(31)32-11-20(28)12-1-4-14(26)5-2-12/h1-10H,11H2. The highest BCUT2D eigenvalue weighted by molar-refractivity contribution is 6.42. The molecule has 3 aromatic carbocycles. The first kappa shape index (κ1) is 21.7. The first-order chi connectivity index (χ1) is 15.3. The van der Waals surface area contributed by atoms with E-state index >= 15 is 0 Å². The van der Waals surface area contributed by atoms with Gasteiger partial charge < -0.3 is 4.74 Å². The summed E-state index contributed by atoms with van der Waals surface area (Å²) < 4.78 is 18.0. The second kappa shape index (κ2) is 8.53. The Morgan fingerprint density at radius 3 is 2.16 bits per heavy atom. The van der Waals surface area contributed by atoms with Crippen molar-refractivity contribution in [1.29, 1.82) is 0 Å². The molecule has 0 saturated carbocycles. The molecule has 0 bridgehead atoms. The lowest BCUT2D eigenvalue weighted by atomic mass is 10.1. The quantitative estimate of drug-likeness (QED) is 0.298. The zero-order chi connectivity index (χ0) is 23.0. The van der Waals surface area contributed by atoms with Crippen LogP contribution in [0.1, 0.15) is 41.4 Å². The molecule has 9 heteroatoms. The fourth-order valence-corrected chi connectivity index (χ4v) is 3.45. The van der Waals surface area contributed by atoms with Crippen LogP contribution in [-0.2, 0) is 4.74 Å². The highest BCUT2D eigenvalue weighted by Crippen LogP contribution is 2.33. The summed E-state index contributed by atoms with van der Waals surface area (Å²) in [6.45, 7) is -0.566. The number of carbonyl (C=O) groups excluding carboxylic acids is 4. The number of benzene rings is 3. The van der Waals surface area contributed by atoms with E-state index in [-0.39, 0.29) is 38.0 Å². The molecule has 0 N–H and O–H groups in total. The van der Waals surface area contributed by atoms with Crippen LogP contribution in [0.25, 0.3) is 0 Å². The molecule has 0 aromatic heterocycles. The van der Waals surface area contributed by atoms with E-state index in [1.165, 1.54) is 48.5 Å². The van der Waals surface area contributed by atoms with Gasteiger partial charge in [0.1, 0.15) is 5.82 Å². The van der Waals surface area contributed by atoms with E-state index in [0.717, 1.165) is 17.0 Å². The van der Waals surface area contributed by atoms with Gasteiger partial charge in [-0.2, -0.15) is 0 Å². The van der Waals surface area contributed by atoms with Gasteiger partial charge in [-0.05, 0) is 60.7 Å². The SMILES string of the molecule is O=C(COC(=O)c1ccc2c(c1)C(=O)N(c1ccc(Cl)c(Cl)c1)C2=O)c1ccc(F)cc1. The molecular weight excluding hydrogens is 460 g/mol. The molecule has 3 aromatic rings. The number of hydrogen-bond donors (Lipinski definition) is 0. The van der Waals surface area contributed by atoms with Gasteiger partial charge in [-0.1, -0.05) is 23.2 Å². The van der Waals surface area contributed by atoms with Crippen molar-refractivity contribution in [3.05, 3.63) is 98.8 Å². The maximum Gasteiger partial charge on any atom is 0.338 e. The number of nitrogens with zero attached hydrogens (tertiary/aromatic N) is 1. The molecule has 6 nitrogen and oxygen atoms in total. The molecule has 32 heavy (non-hydrogen) atoms. The highest BCUT2D eigenvalue weighted by Gasteiger charge is 2.37. The van der Waals surface area contributed by atoms with Crippen molar-refractivity contribution < 1.29 is 28.3 Å². The molecule has 0 fully saturated rings. The number of imide groups is 1. The van der Waals surface area contributed by atoms with Crippen molar-refractivity contribution in [2.45, 2.75) is 0 Å². The maximum absolute atomic E-state index is 13.0. The first-order valence-electron chi connectivity index (χ1n) is 9.20. The summed E-state index contributed by atoms with van der Waals surface area (Å²) in [7, 11) is 0. The van der Waals surface area contributed by atoms with Crippen LogP contribution in [0.15, 0.2) is 60.7 Å². The summed E-state index contributed by atoms with van der Waals surface area (Å²) in [4.78, 5) is 51.0. The average Bonchev–Trinajstić information content (AvgIpc) is 3.04. The Balaban J connectivity index is 1.51. The van der Waals surface area contributed by atoms with Gasteiger partial charge in [-0.3, -0.25) is 14.4 Å². The van der Waals surface area contributed by atoms with Crippen LogP contribution >= 0.6 is 23.2 Å². The summed E-state index contributed by atoms with van der Waals surface area (Å²) >= 11 is 11.9. The van der Waals surface area contributed by atoms with Gasteiger partial charge >= 0.3 is 5.97 Å². The number of Topliss-reactive ketones (excluding diaryl/α,β-unsaturated/α-hetero) is 1. The van der Waals surface area contributed by atoms with Gasteiger partial charge in [0.15, 0.2) is 12.4 Å². The number of ether oxygens (including phenoxy) is 1. The van der Waals surface area contributed by atoms with Gasteiger partial charge in [-0.15, -0.1) is 0 Å². The second-order valence-electron chi connectivity index (χ2n) is 6.81. The third kappa shape index (κ3) is 4.00. The normalized spacial score (nSPS) is 12.7. The van der Waals surface area contributed by atoms with Crippen molar-refractivity contribution in [2.24, 2.45) is 0 Å². The Labute approximate surface area is 191 Å². The minimum absolute atomic E-state index is 0.00667. The molecule has 4 rings (SSSR count). The average molecular weight is 472 g/mol. The number of anilines is 1. The van der Waals surface area contributed by atoms with Crippen LogP contribution in [0.3, 0.4) is 0 Å². The molecule has 1 aliphatic rings. The summed E-state index contributed by atoms with van der Waals surface area (Å²) in [6, 6.07) is 13.0. The van der Waals surface area contributed by atoms with Crippen LogP contribution in [0, 0.1) is 5.82 Å². The number of fused-ring (bicyclic) bond motifs is 1. The molecule has 160 valence electrons. The second-order valence-corrected chi connectivity index (χ2v) is 7.63. The van der Waals surface area contributed by atoms with Crippen molar-refractivity contribution >= 4 is 52.5 Å². The van der Waals surface area contributed by atoms with Crippen molar-refractivity contribution in [1.82, 2.24) is 0 Å². The number of rotatable bonds is 5. The van der Waals surface area contributed by atoms with Crippen molar-refractivity contribution in [3.63, 3.8) is 0 Å². The largest absolute Gasteiger partial charge is 0.454 e. The van der Waals surface area contributed by atoms with Gasteiger partial charge in [0.2, 0.25) is 0 Å². The fraction of sp³-hybridized carbons (Fsp3) is 0.0435. The summed E-state index contributed by atoms with van der Waals surface area (Å²) in [5.41, 5.74) is 0.541. The Morgan fingerprint density at radius 1 is 0.812 bits per heavy atom. The molecule has 2 amide bonds.